The molecule has 0 saturated heterocycles. The van der Waals surface area contributed by atoms with Gasteiger partial charge in [-0.3, -0.25) is 0 Å². The predicted molar refractivity (Wildman–Crippen MR) is 71.3 cm³/mol. The van der Waals surface area contributed by atoms with E-state index in [-0.39, 0.29) is 5.92 Å². The molecule has 1 N–H and O–H groups in total. The Balaban J connectivity index is 1.67. The number of rotatable bonds is 5. The number of nitriles is 1. The van der Waals surface area contributed by atoms with Crippen LogP contribution in [0.4, 0.5) is 0 Å². The second-order valence-electron chi connectivity index (χ2n) is 4.74. The maximum Gasteiger partial charge on any atom is 0.119 e. The molecule has 0 bridgehead atoms. The summed E-state index contributed by atoms with van der Waals surface area (Å²) in [6.45, 7) is 1.45. The van der Waals surface area contributed by atoms with Crippen molar-refractivity contribution in [2.24, 2.45) is 5.92 Å². The Morgan fingerprint density at radius 2 is 2.00 bits per heavy atom. The zero-order chi connectivity index (χ0) is 12.6. The van der Waals surface area contributed by atoms with Gasteiger partial charge >= 0.3 is 0 Å². The fourth-order valence-electron chi connectivity index (χ4n) is 2.46. The van der Waals surface area contributed by atoms with E-state index in [1.165, 1.54) is 12.8 Å². The van der Waals surface area contributed by atoms with E-state index in [0.29, 0.717) is 12.6 Å². The molecule has 0 aliphatic heterocycles. The largest absolute Gasteiger partial charge is 0.492 e. The average molecular weight is 244 g/mol. The minimum absolute atomic E-state index is 0.176. The van der Waals surface area contributed by atoms with Crippen molar-refractivity contribution in [2.75, 3.05) is 13.2 Å². The quantitative estimate of drug-likeness (QED) is 0.810. The summed E-state index contributed by atoms with van der Waals surface area (Å²) in [6.07, 6.45) is 4.57. The molecular weight excluding hydrogens is 224 g/mol. The molecule has 18 heavy (non-hydrogen) atoms. The van der Waals surface area contributed by atoms with E-state index in [1.807, 2.05) is 30.3 Å². The van der Waals surface area contributed by atoms with Crippen LogP contribution < -0.4 is 10.1 Å². The van der Waals surface area contributed by atoms with Crippen molar-refractivity contribution in [1.82, 2.24) is 5.32 Å². The van der Waals surface area contributed by atoms with Gasteiger partial charge in [-0.1, -0.05) is 31.0 Å². The molecule has 0 spiro atoms. The monoisotopic (exact) mass is 244 g/mol. The zero-order valence-electron chi connectivity index (χ0n) is 10.6. The molecule has 96 valence electrons. The van der Waals surface area contributed by atoms with Crippen LogP contribution in [0.25, 0.3) is 0 Å². The van der Waals surface area contributed by atoms with Gasteiger partial charge in [0.25, 0.3) is 0 Å². The van der Waals surface area contributed by atoms with Gasteiger partial charge in [-0.25, -0.2) is 0 Å². The summed E-state index contributed by atoms with van der Waals surface area (Å²) >= 11 is 0. The standard InChI is InChI=1S/C15H20N2O/c16-12-13-6-4-5-9-15(13)17-10-11-18-14-7-2-1-3-8-14/h1-3,7-8,13,15,17H,4-6,9-11H2. The number of para-hydroxylation sites is 1. The van der Waals surface area contributed by atoms with Crippen LogP contribution in [0.1, 0.15) is 25.7 Å². The van der Waals surface area contributed by atoms with Crippen LogP contribution in [-0.4, -0.2) is 19.2 Å². The van der Waals surface area contributed by atoms with Gasteiger partial charge in [-0.15, -0.1) is 0 Å². The number of hydrogen-bond acceptors (Lipinski definition) is 3. The lowest BCUT2D eigenvalue weighted by atomic mass is 9.85. The summed E-state index contributed by atoms with van der Waals surface area (Å²) in [5.74, 6) is 1.08. The Bertz CT molecular complexity index is 385. The maximum atomic E-state index is 9.07. The Labute approximate surface area is 109 Å². The number of hydrogen-bond donors (Lipinski definition) is 1. The highest BCUT2D eigenvalue weighted by Gasteiger charge is 2.23. The summed E-state index contributed by atoms with van der Waals surface area (Å²) in [7, 11) is 0. The number of benzene rings is 1. The van der Waals surface area contributed by atoms with Crippen molar-refractivity contribution < 1.29 is 4.74 Å². The van der Waals surface area contributed by atoms with Crippen molar-refractivity contribution in [3.8, 4) is 11.8 Å². The topological polar surface area (TPSA) is 45.0 Å². The third-order valence-electron chi connectivity index (χ3n) is 3.45. The molecule has 2 atom stereocenters. The highest BCUT2D eigenvalue weighted by atomic mass is 16.5. The molecule has 0 aromatic heterocycles. The third kappa shape index (κ3) is 3.75. The van der Waals surface area contributed by atoms with Gasteiger partial charge in [0.2, 0.25) is 0 Å². The third-order valence-corrected chi connectivity index (χ3v) is 3.45. The lowest BCUT2D eigenvalue weighted by Crippen LogP contribution is -2.39. The van der Waals surface area contributed by atoms with Crippen LogP contribution in [0.3, 0.4) is 0 Å². The summed E-state index contributed by atoms with van der Waals surface area (Å²) in [6, 6.07) is 12.6. The van der Waals surface area contributed by atoms with Gasteiger partial charge in [-0.2, -0.15) is 5.26 Å². The second-order valence-corrected chi connectivity index (χ2v) is 4.74. The van der Waals surface area contributed by atoms with Crippen molar-refractivity contribution >= 4 is 0 Å². The molecule has 1 aromatic rings. The zero-order valence-corrected chi connectivity index (χ0v) is 10.6. The van der Waals surface area contributed by atoms with E-state index in [9.17, 15) is 0 Å². The summed E-state index contributed by atoms with van der Waals surface area (Å²) in [4.78, 5) is 0. The Morgan fingerprint density at radius 3 is 2.78 bits per heavy atom. The first kappa shape index (κ1) is 12.9. The van der Waals surface area contributed by atoms with Crippen molar-refractivity contribution in [3.63, 3.8) is 0 Å². The Kier molecular flexibility index (Phi) is 5.04. The molecule has 0 radical (unpaired) electrons. The summed E-state index contributed by atoms with van der Waals surface area (Å²) in [5.41, 5.74) is 0. The lowest BCUT2D eigenvalue weighted by molar-refractivity contribution is 0.268. The van der Waals surface area contributed by atoms with Crippen LogP contribution in [-0.2, 0) is 0 Å². The van der Waals surface area contributed by atoms with Crippen LogP contribution in [0.15, 0.2) is 30.3 Å². The van der Waals surface area contributed by atoms with Crippen molar-refractivity contribution in [1.29, 1.82) is 5.26 Å². The second kappa shape index (κ2) is 7.03. The van der Waals surface area contributed by atoms with Crippen LogP contribution in [0.2, 0.25) is 0 Å². The van der Waals surface area contributed by atoms with Crippen LogP contribution in [0.5, 0.6) is 5.75 Å². The fraction of sp³-hybridized carbons (Fsp3) is 0.533. The van der Waals surface area contributed by atoms with E-state index in [2.05, 4.69) is 11.4 Å². The SMILES string of the molecule is N#CC1CCCCC1NCCOc1ccccc1. The number of ether oxygens (including phenoxy) is 1. The highest BCUT2D eigenvalue weighted by molar-refractivity contribution is 5.20. The van der Waals surface area contributed by atoms with E-state index in [0.717, 1.165) is 25.1 Å². The molecule has 2 unspecified atom stereocenters. The molecule has 1 fully saturated rings. The fourth-order valence-corrected chi connectivity index (χ4v) is 2.46. The minimum Gasteiger partial charge on any atom is -0.492 e. The molecule has 0 amide bonds. The first-order chi connectivity index (χ1) is 8.90. The van der Waals surface area contributed by atoms with E-state index in [4.69, 9.17) is 10.00 Å². The van der Waals surface area contributed by atoms with Gasteiger partial charge < -0.3 is 10.1 Å². The lowest BCUT2D eigenvalue weighted by Gasteiger charge is -2.27. The van der Waals surface area contributed by atoms with E-state index < -0.39 is 0 Å². The molecule has 1 aliphatic carbocycles. The molecule has 1 aliphatic rings. The van der Waals surface area contributed by atoms with Gasteiger partial charge in [0.15, 0.2) is 0 Å². The Morgan fingerprint density at radius 1 is 1.22 bits per heavy atom. The van der Waals surface area contributed by atoms with Gasteiger partial charge in [0.1, 0.15) is 12.4 Å². The number of nitrogens with zero attached hydrogens (tertiary/aromatic N) is 1. The van der Waals surface area contributed by atoms with Gasteiger partial charge in [-0.05, 0) is 25.0 Å². The molecule has 1 saturated carbocycles. The smallest absolute Gasteiger partial charge is 0.119 e. The minimum atomic E-state index is 0.176. The average Bonchev–Trinajstić information content (AvgIpc) is 2.45. The Hall–Kier alpha value is -1.53. The predicted octanol–water partition coefficient (Wildman–Crippen LogP) is 2.74. The first-order valence-corrected chi connectivity index (χ1v) is 6.71. The highest BCUT2D eigenvalue weighted by Crippen LogP contribution is 2.23. The summed E-state index contributed by atoms with van der Waals surface area (Å²) < 4.78 is 5.62. The van der Waals surface area contributed by atoms with Crippen molar-refractivity contribution in [2.45, 2.75) is 31.7 Å². The van der Waals surface area contributed by atoms with Gasteiger partial charge in [0, 0.05) is 12.6 Å². The molecule has 3 nitrogen and oxygen atoms in total. The first-order valence-electron chi connectivity index (χ1n) is 6.71. The van der Waals surface area contributed by atoms with E-state index in [1.54, 1.807) is 0 Å². The van der Waals surface area contributed by atoms with Gasteiger partial charge in [0.05, 0.1) is 12.0 Å². The van der Waals surface area contributed by atoms with Crippen LogP contribution >= 0.6 is 0 Å². The molecule has 1 aromatic carbocycles. The molecular formula is C15H20N2O. The van der Waals surface area contributed by atoms with E-state index >= 15 is 0 Å². The molecule has 0 heterocycles. The number of nitrogens with one attached hydrogen (secondary N) is 1. The van der Waals surface area contributed by atoms with Crippen LogP contribution in [0, 0.1) is 17.2 Å². The summed E-state index contributed by atoms with van der Waals surface area (Å²) in [5, 5.41) is 12.5. The normalized spacial score (nSPS) is 23.3. The van der Waals surface area contributed by atoms with Crippen molar-refractivity contribution in [3.05, 3.63) is 30.3 Å². The molecule has 3 heteroatoms. The molecule has 2 rings (SSSR count). The maximum absolute atomic E-state index is 9.07.